The number of nitrogens with one attached hydrogen (secondary N) is 3. The van der Waals surface area contributed by atoms with Crippen LogP contribution in [0.15, 0.2) is 24.7 Å². The Labute approximate surface area is 189 Å². The van der Waals surface area contributed by atoms with Crippen molar-refractivity contribution in [2.75, 3.05) is 10.6 Å². The number of carbonyl (C=O) groups is 1. The molecule has 182 valence electrons. The third-order valence-corrected chi connectivity index (χ3v) is 5.72. The van der Waals surface area contributed by atoms with Gasteiger partial charge in [0, 0.05) is 25.1 Å². The van der Waals surface area contributed by atoms with E-state index in [-0.39, 0.29) is 60.0 Å². The molecular weight excluding hydrogens is 466 g/mol. The second-order valence-electron chi connectivity index (χ2n) is 8.19. The number of hydrogen-bond acceptors (Lipinski definition) is 6. The van der Waals surface area contributed by atoms with Gasteiger partial charge >= 0.3 is 6.18 Å². The number of fused-ring (bicyclic) bond motifs is 1. The smallest absolute Gasteiger partial charge is 0.367 e. The molecule has 3 N–H and O–H groups in total. The summed E-state index contributed by atoms with van der Waals surface area (Å²) in [7, 11) is 0. The molecule has 0 amide bonds. The van der Waals surface area contributed by atoms with Crippen molar-refractivity contribution < 1.29 is 31.1 Å². The summed E-state index contributed by atoms with van der Waals surface area (Å²) in [5.74, 6) is -4.80. The molecule has 1 aliphatic rings. The number of anilines is 2. The molecule has 3 heterocycles. The summed E-state index contributed by atoms with van der Waals surface area (Å²) in [6.07, 6.45) is -2.51. The van der Waals surface area contributed by atoms with Gasteiger partial charge in [-0.15, -0.1) is 0 Å². The van der Waals surface area contributed by atoms with Crippen LogP contribution in [0.2, 0.25) is 0 Å². The Hall–Kier alpha value is -3.38. The number of aromatic nitrogens is 4. The number of ketones is 1. The van der Waals surface area contributed by atoms with E-state index in [0.717, 1.165) is 13.3 Å². The van der Waals surface area contributed by atoms with Gasteiger partial charge in [0.25, 0.3) is 0 Å². The fraction of sp³-hybridized carbons (Fsp3) is 0.429. The van der Waals surface area contributed by atoms with Gasteiger partial charge in [0.05, 0.1) is 16.5 Å². The summed E-state index contributed by atoms with van der Waals surface area (Å²) in [6, 6.07) is 0.257. The summed E-state index contributed by atoms with van der Waals surface area (Å²) < 4.78 is 80.4. The zero-order valence-electron chi connectivity index (χ0n) is 17.8. The fourth-order valence-corrected chi connectivity index (χ4v) is 3.76. The van der Waals surface area contributed by atoms with E-state index in [0.29, 0.717) is 0 Å². The van der Waals surface area contributed by atoms with Crippen molar-refractivity contribution in [3.63, 3.8) is 0 Å². The highest BCUT2D eigenvalue weighted by atomic mass is 19.4. The van der Waals surface area contributed by atoms with E-state index in [1.807, 2.05) is 0 Å². The van der Waals surface area contributed by atoms with Crippen LogP contribution in [-0.4, -0.2) is 49.9 Å². The summed E-state index contributed by atoms with van der Waals surface area (Å²) >= 11 is 0. The second-order valence-corrected chi connectivity index (χ2v) is 8.19. The average Bonchev–Trinajstić information content (AvgIpc) is 3.19. The number of carbonyl (C=O) groups excluding carboxylic acids is 1. The Balaban J connectivity index is 1.58. The highest BCUT2D eigenvalue weighted by Gasteiger charge is 2.37. The van der Waals surface area contributed by atoms with Crippen LogP contribution in [0.3, 0.4) is 0 Å². The van der Waals surface area contributed by atoms with Gasteiger partial charge in [-0.1, -0.05) is 0 Å². The van der Waals surface area contributed by atoms with Crippen molar-refractivity contribution in [1.29, 1.82) is 0 Å². The van der Waals surface area contributed by atoms with Gasteiger partial charge in [-0.25, -0.2) is 23.7 Å². The van der Waals surface area contributed by atoms with Crippen molar-refractivity contribution in [3.05, 3.63) is 41.7 Å². The molecule has 34 heavy (non-hydrogen) atoms. The number of rotatable bonds is 6. The largest absolute Gasteiger partial charge is 0.408 e. The summed E-state index contributed by atoms with van der Waals surface area (Å²) in [6.45, 7) is 0.894. The molecule has 0 aliphatic heterocycles. The lowest BCUT2D eigenvalue weighted by Gasteiger charge is -2.29. The lowest BCUT2D eigenvalue weighted by molar-refractivity contribution is -0.138. The minimum Gasteiger partial charge on any atom is -0.367 e. The van der Waals surface area contributed by atoms with Gasteiger partial charge in [0.1, 0.15) is 29.7 Å². The molecular formula is C21H20F6N6O. The highest BCUT2D eigenvalue weighted by Crippen LogP contribution is 2.34. The summed E-state index contributed by atoms with van der Waals surface area (Å²) in [4.78, 5) is 27.2. The number of hydrogen-bond donors (Lipinski definition) is 3. The van der Waals surface area contributed by atoms with Crippen molar-refractivity contribution in [1.82, 2.24) is 19.9 Å². The van der Waals surface area contributed by atoms with Crippen LogP contribution in [0.25, 0.3) is 11.0 Å². The van der Waals surface area contributed by atoms with Gasteiger partial charge in [-0.2, -0.15) is 17.6 Å². The van der Waals surface area contributed by atoms with E-state index >= 15 is 0 Å². The standard InChI is InChI=1S/C21H20F6N6O/c1-10(21(25,26)27)31-19-15-13(8-28-18(15)29-9-30-19)16(34)12-2-3-14(33-17(12)22)32-11-4-6-20(23,24)7-5-11/h2-3,8-11H,4-7H2,1H3,(H,32,33)(H2,28,29,30,31). The maximum Gasteiger partial charge on any atom is 0.408 e. The van der Waals surface area contributed by atoms with Crippen molar-refractivity contribution in [2.24, 2.45) is 0 Å². The van der Waals surface area contributed by atoms with Crippen LogP contribution in [0.5, 0.6) is 0 Å². The number of H-pyrrole nitrogens is 1. The molecule has 0 spiro atoms. The van der Waals surface area contributed by atoms with Gasteiger partial charge in [-0.05, 0) is 31.9 Å². The van der Waals surface area contributed by atoms with Crippen LogP contribution in [0, 0.1) is 5.95 Å². The van der Waals surface area contributed by atoms with Crippen molar-refractivity contribution >= 4 is 28.5 Å². The number of nitrogens with zero attached hydrogens (tertiary/aromatic N) is 3. The van der Waals surface area contributed by atoms with E-state index in [1.165, 1.54) is 18.3 Å². The predicted octanol–water partition coefficient (Wildman–Crippen LogP) is 5.08. The minimum absolute atomic E-state index is 0.0201. The van der Waals surface area contributed by atoms with E-state index in [4.69, 9.17) is 0 Å². The first kappa shape index (κ1) is 23.8. The number of halogens is 6. The Kier molecular flexibility index (Phi) is 6.13. The molecule has 0 bridgehead atoms. The topological polar surface area (TPSA) is 95.6 Å². The van der Waals surface area contributed by atoms with Crippen molar-refractivity contribution in [3.8, 4) is 0 Å². The van der Waals surface area contributed by atoms with Gasteiger partial charge in [0.2, 0.25) is 11.9 Å². The van der Waals surface area contributed by atoms with E-state index in [1.54, 1.807) is 0 Å². The molecule has 7 nitrogen and oxygen atoms in total. The Morgan fingerprint density at radius 2 is 1.88 bits per heavy atom. The van der Waals surface area contributed by atoms with Crippen LogP contribution in [0.4, 0.5) is 38.0 Å². The second kappa shape index (κ2) is 8.76. The molecule has 1 unspecified atom stereocenters. The molecule has 0 saturated heterocycles. The van der Waals surface area contributed by atoms with Gasteiger partial charge in [-0.3, -0.25) is 4.79 Å². The van der Waals surface area contributed by atoms with Gasteiger partial charge in [0.15, 0.2) is 5.78 Å². The molecule has 1 fully saturated rings. The van der Waals surface area contributed by atoms with Crippen LogP contribution >= 0.6 is 0 Å². The first-order valence-electron chi connectivity index (χ1n) is 10.5. The zero-order chi connectivity index (χ0) is 24.7. The van der Waals surface area contributed by atoms with Crippen LogP contribution < -0.4 is 10.6 Å². The first-order chi connectivity index (χ1) is 15.9. The molecule has 0 radical (unpaired) electrons. The first-order valence-corrected chi connectivity index (χ1v) is 10.5. The van der Waals surface area contributed by atoms with E-state index in [2.05, 4.69) is 30.6 Å². The number of pyridine rings is 1. The molecule has 0 aromatic carbocycles. The monoisotopic (exact) mass is 486 g/mol. The maximum atomic E-state index is 14.7. The lowest BCUT2D eigenvalue weighted by atomic mass is 9.92. The predicted molar refractivity (Wildman–Crippen MR) is 111 cm³/mol. The molecule has 3 aromatic heterocycles. The molecule has 1 saturated carbocycles. The normalized spacial score (nSPS) is 17.5. The Bertz CT molecular complexity index is 1200. The minimum atomic E-state index is -4.56. The quantitative estimate of drug-likeness (QED) is 0.256. The molecule has 1 aliphatic carbocycles. The molecule has 3 aromatic rings. The SMILES string of the molecule is CC(Nc1ncnc2[nH]cc(C(=O)c3ccc(NC4CCC(F)(F)CC4)nc3F)c12)C(F)(F)F. The Morgan fingerprint density at radius 1 is 1.18 bits per heavy atom. The maximum absolute atomic E-state index is 14.7. The highest BCUT2D eigenvalue weighted by molar-refractivity contribution is 6.18. The fourth-order valence-electron chi connectivity index (χ4n) is 3.76. The number of aromatic amines is 1. The van der Waals surface area contributed by atoms with Crippen LogP contribution in [0.1, 0.15) is 48.5 Å². The van der Waals surface area contributed by atoms with Gasteiger partial charge < -0.3 is 15.6 Å². The molecule has 4 rings (SSSR count). The molecule has 1 atom stereocenters. The third-order valence-electron chi connectivity index (χ3n) is 5.72. The number of alkyl halides is 5. The molecule has 13 heteroatoms. The summed E-state index contributed by atoms with van der Waals surface area (Å²) in [5.41, 5.74) is -0.459. The third kappa shape index (κ3) is 4.92. The van der Waals surface area contributed by atoms with E-state index < -0.39 is 35.4 Å². The van der Waals surface area contributed by atoms with Crippen LogP contribution in [-0.2, 0) is 0 Å². The van der Waals surface area contributed by atoms with Crippen molar-refractivity contribution in [2.45, 2.75) is 56.8 Å². The summed E-state index contributed by atoms with van der Waals surface area (Å²) in [5, 5.41) is 5.09. The Morgan fingerprint density at radius 3 is 2.53 bits per heavy atom. The lowest BCUT2D eigenvalue weighted by Crippen LogP contribution is -2.33. The van der Waals surface area contributed by atoms with E-state index in [9.17, 15) is 31.1 Å². The average molecular weight is 486 g/mol. The zero-order valence-corrected chi connectivity index (χ0v) is 17.8.